The first-order valence-corrected chi connectivity index (χ1v) is 15.8. The largest absolute Gasteiger partial charge is 0.301 e. The van der Waals surface area contributed by atoms with E-state index in [9.17, 15) is 0 Å². The van der Waals surface area contributed by atoms with Crippen LogP contribution in [-0.4, -0.2) is 61.2 Å². The van der Waals surface area contributed by atoms with Crippen molar-refractivity contribution in [3.8, 4) is 0 Å². The molecule has 0 radical (unpaired) electrons. The van der Waals surface area contributed by atoms with Gasteiger partial charge in [-0.15, -0.1) is 0 Å². The van der Waals surface area contributed by atoms with Crippen molar-refractivity contribution < 1.29 is 0 Å². The summed E-state index contributed by atoms with van der Waals surface area (Å²) >= 11 is 7.15. The van der Waals surface area contributed by atoms with Gasteiger partial charge in [0.2, 0.25) is 5.95 Å². The minimum Gasteiger partial charge on any atom is -0.301 e. The Kier molecular flexibility index (Phi) is 8.23. The van der Waals surface area contributed by atoms with Crippen LogP contribution in [0.15, 0.2) is 0 Å². The van der Waals surface area contributed by atoms with Crippen molar-refractivity contribution >= 4 is 29.2 Å². The Hall–Kier alpha value is -1.35. The van der Waals surface area contributed by atoms with E-state index in [1.54, 1.807) is 0 Å². The third kappa shape index (κ3) is 5.43. The zero-order chi connectivity index (χ0) is 29.9. The highest BCUT2D eigenvalue weighted by Crippen LogP contribution is 2.46. The average molecular weight is 577 g/mol. The molecule has 1 aromatic rings. The lowest BCUT2D eigenvalue weighted by Gasteiger charge is -2.54. The molecule has 40 heavy (non-hydrogen) atoms. The lowest BCUT2D eigenvalue weighted by molar-refractivity contribution is -0.0149. The second kappa shape index (κ2) is 10.4. The number of halogens is 1. The molecule has 3 saturated heterocycles. The topological polar surface area (TPSA) is 71.6 Å². The van der Waals surface area contributed by atoms with E-state index in [-0.39, 0.29) is 32.9 Å². The van der Waals surface area contributed by atoms with Gasteiger partial charge < -0.3 is 10.9 Å². The summed E-state index contributed by atoms with van der Waals surface area (Å²) in [6, 6.07) is 0. The van der Waals surface area contributed by atoms with Gasteiger partial charge in [0.1, 0.15) is 5.02 Å². The Morgan fingerprint density at radius 2 is 0.825 bits per heavy atom. The van der Waals surface area contributed by atoms with Crippen LogP contribution in [0.3, 0.4) is 0 Å². The normalized spacial score (nSPS) is 27.6. The SMILES string of the molecule is CC1(C)CCCN(Nc2nc(NN3CCCC(C)(C)C3(C)C)c(Cl)c(NN3CCCC(C)(C)C3(C)C)n2)C1(C)C. The molecule has 0 amide bonds. The van der Waals surface area contributed by atoms with Crippen LogP contribution >= 0.6 is 11.6 Å². The Morgan fingerprint density at radius 3 is 1.15 bits per heavy atom. The summed E-state index contributed by atoms with van der Waals surface area (Å²) < 4.78 is 0. The molecule has 0 aromatic carbocycles. The van der Waals surface area contributed by atoms with Crippen LogP contribution < -0.4 is 16.3 Å². The number of hydrogen-bond acceptors (Lipinski definition) is 8. The summed E-state index contributed by atoms with van der Waals surface area (Å²) in [5.41, 5.74) is 11.1. The number of nitrogens with zero attached hydrogens (tertiary/aromatic N) is 5. The average Bonchev–Trinajstić information content (AvgIpc) is 2.81. The van der Waals surface area contributed by atoms with Gasteiger partial charge in [-0.3, -0.25) is 5.43 Å². The highest BCUT2D eigenvalue weighted by atomic mass is 35.5. The molecule has 0 aliphatic carbocycles. The molecule has 0 spiro atoms. The monoisotopic (exact) mass is 576 g/mol. The minimum absolute atomic E-state index is 0.0762. The quantitative estimate of drug-likeness (QED) is 0.316. The molecular weight excluding hydrogens is 520 g/mol. The molecule has 0 unspecified atom stereocenters. The molecule has 228 valence electrons. The smallest absolute Gasteiger partial charge is 0.241 e. The highest BCUT2D eigenvalue weighted by molar-refractivity contribution is 6.35. The van der Waals surface area contributed by atoms with Crippen molar-refractivity contribution in [1.82, 2.24) is 25.0 Å². The van der Waals surface area contributed by atoms with Crippen molar-refractivity contribution in [3.63, 3.8) is 0 Å². The molecule has 4 rings (SSSR count). The van der Waals surface area contributed by atoms with Gasteiger partial charge in [0.15, 0.2) is 11.6 Å². The predicted octanol–water partition coefficient (Wildman–Crippen LogP) is 7.81. The molecule has 0 atom stereocenters. The van der Waals surface area contributed by atoms with Gasteiger partial charge in [-0.1, -0.05) is 53.1 Å². The Balaban J connectivity index is 1.72. The van der Waals surface area contributed by atoms with Gasteiger partial charge in [0, 0.05) is 36.3 Å². The van der Waals surface area contributed by atoms with Gasteiger partial charge in [-0.2, -0.15) is 9.97 Å². The second-order valence-corrected chi connectivity index (χ2v) is 16.4. The van der Waals surface area contributed by atoms with Gasteiger partial charge in [0.05, 0.1) is 0 Å². The molecule has 8 nitrogen and oxygen atoms in total. The molecule has 3 aliphatic rings. The molecule has 1 aromatic heterocycles. The number of piperidine rings is 3. The second-order valence-electron chi connectivity index (χ2n) is 16.0. The van der Waals surface area contributed by atoms with E-state index < -0.39 is 0 Å². The summed E-state index contributed by atoms with van der Waals surface area (Å²) in [6.45, 7) is 30.8. The molecule has 3 N–H and O–H groups in total. The highest BCUT2D eigenvalue weighted by Gasteiger charge is 2.47. The van der Waals surface area contributed by atoms with E-state index >= 15 is 0 Å². The molecule has 0 bridgehead atoms. The number of anilines is 3. The number of hydrogen-bond donors (Lipinski definition) is 3. The number of aromatic nitrogens is 2. The van der Waals surface area contributed by atoms with Gasteiger partial charge >= 0.3 is 0 Å². The zero-order valence-electron chi connectivity index (χ0n) is 27.5. The van der Waals surface area contributed by atoms with Crippen molar-refractivity contribution in [1.29, 1.82) is 0 Å². The van der Waals surface area contributed by atoms with E-state index in [1.165, 1.54) is 19.3 Å². The van der Waals surface area contributed by atoms with Crippen molar-refractivity contribution in [3.05, 3.63) is 5.02 Å². The van der Waals surface area contributed by atoms with Gasteiger partial charge in [0.25, 0.3) is 0 Å². The fourth-order valence-corrected chi connectivity index (χ4v) is 6.67. The van der Waals surface area contributed by atoms with Crippen molar-refractivity contribution in [2.45, 2.75) is 138 Å². The fraction of sp³-hybridized carbons (Fsp3) is 0.871. The van der Waals surface area contributed by atoms with Crippen LogP contribution in [0.25, 0.3) is 0 Å². The van der Waals surface area contributed by atoms with E-state index in [0.29, 0.717) is 22.6 Å². The first-order chi connectivity index (χ1) is 18.2. The molecule has 9 heteroatoms. The number of hydrazine groups is 3. The number of nitrogens with one attached hydrogen (secondary N) is 3. The van der Waals surface area contributed by atoms with Crippen LogP contribution in [-0.2, 0) is 0 Å². The maximum atomic E-state index is 7.15. The lowest BCUT2D eigenvalue weighted by Crippen LogP contribution is -2.60. The predicted molar refractivity (Wildman–Crippen MR) is 169 cm³/mol. The van der Waals surface area contributed by atoms with Crippen molar-refractivity contribution in [2.24, 2.45) is 16.2 Å². The Morgan fingerprint density at radius 1 is 0.525 bits per heavy atom. The fourth-order valence-electron chi connectivity index (χ4n) is 6.50. The molecular formula is C31H57ClN8. The maximum Gasteiger partial charge on any atom is 0.241 e. The Bertz CT molecular complexity index is 1020. The summed E-state index contributed by atoms with van der Waals surface area (Å²) in [7, 11) is 0. The van der Waals surface area contributed by atoms with Gasteiger partial charge in [-0.05, 0) is 96.3 Å². The van der Waals surface area contributed by atoms with E-state index in [2.05, 4.69) is 114 Å². The molecule has 0 saturated carbocycles. The third-order valence-electron chi connectivity index (χ3n) is 12.1. The minimum atomic E-state index is -0.0848. The number of rotatable bonds is 6. The summed E-state index contributed by atoms with van der Waals surface area (Å²) in [6.07, 6.45) is 6.94. The zero-order valence-corrected chi connectivity index (χ0v) is 28.2. The summed E-state index contributed by atoms with van der Waals surface area (Å²) in [5, 5.41) is 7.47. The van der Waals surface area contributed by atoms with Crippen LogP contribution in [0.4, 0.5) is 17.6 Å². The standard InChI is InChI=1S/C31H57ClN8/c1-26(2)16-13-19-38(29(26,7)8)35-23-22(32)24(36-39-20-14-17-27(3,4)30(39,9)10)34-25(33-23)37-40-21-15-18-28(5,6)31(40,11)12/h13-21H2,1-12H3,(H3,33,34,35,36,37). The lowest BCUT2D eigenvalue weighted by atomic mass is 9.69. The first kappa shape index (κ1) is 31.6. The van der Waals surface area contributed by atoms with Crippen molar-refractivity contribution in [2.75, 3.05) is 35.9 Å². The molecule has 3 aliphatic heterocycles. The van der Waals surface area contributed by atoms with E-state index in [1.807, 2.05) is 0 Å². The van der Waals surface area contributed by atoms with E-state index in [0.717, 1.165) is 38.9 Å². The van der Waals surface area contributed by atoms with Crippen LogP contribution in [0, 0.1) is 16.2 Å². The summed E-state index contributed by atoms with van der Waals surface area (Å²) in [5.74, 6) is 1.83. The van der Waals surface area contributed by atoms with Crippen LogP contribution in [0.1, 0.15) is 122 Å². The maximum absolute atomic E-state index is 7.15. The molecule has 4 heterocycles. The Labute approximate surface area is 249 Å². The first-order valence-electron chi connectivity index (χ1n) is 15.4. The van der Waals surface area contributed by atoms with Crippen LogP contribution in [0.2, 0.25) is 5.02 Å². The molecule has 3 fully saturated rings. The summed E-state index contributed by atoms with van der Waals surface area (Å²) in [4.78, 5) is 10.00. The van der Waals surface area contributed by atoms with Crippen LogP contribution in [0.5, 0.6) is 0 Å². The van der Waals surface area contributed by atoms with E-state index in [4.69, 9.17) is 21.6 Å². The van der Waals surface area contributed by atoms with Gasteiger partial charge in [-0.25, -0.2) is 15.0 Å². The third-order valence-corrected chi connectivity index (χ3v) is 12.5.